The fourth-order valence-corrected chi connectivity index (χ4v) is 2.31. The summed E-state index contributed by atoms with van der Waals surface area (Å²) in [5.41, 5.74) is 0.308. The molecule has 3 N–H and O–H groups in total. The van der Waals surface area contributed by atoms with Gasteiger partial charge in [0.15, 0.2) is 0 Å². The molecule has 0 aliphatic rings. The van der Waals surface area contributed by atoms with Crippen LogP contribution >= 0.6 is 0 Å². The summed E-state index contributed by atoms with van der Waals surface area (Å²) in [7, 11) is 0. The lowest BCUT2D eigenvalue weighted by Gasteiger charge is -2.19. The number of ether oxygens (including phenoxy) is 1. The van der Waals surface area contributed by atoms with E-state index in [9.17, 15) is 18.8 Å². The number of carbonyl (C=O) groups is 3. The molecule has 0 atom stereocenters. The number of hydrogen-bond donors (Lipinski definition) is 3. The van der Waals surface area contributed by atoms with Crippen molar-refractivity contribution in [2.45, 2.75) is 26.4 Å². The molecule has 0 aromatic heterocycles. The summed E-state index contributed by atoms with van der Waals surface area (Å²) in [5, 5.41) is 7.59. The van der Waals surface area contributed by atoms with Crippen LogP contribution in [0.25, 0.3) is 6.08 Å². The Morgan fingerprint density at radius 2 is 1.57 bits per heavy atom. The van der Waals surface area contributed by atoms with Gasteiger partial charge < -0.3 is 20.7 Å². The minimum Gasteiger partial charge on any atom is -0.444 e. The number of benzene rings is 2. The maximum atomic E-state index is 13.6. The molecular weight excluding hydrogens is 389 g/mol. The number of amides is 3. The van der Waals surface area contributed by atoms with Crippen LogP contribution in [0.4, 0.5) is 20.6 Å². The lowest BCUT2D eigenvalue weighted by atomic mass is 10.2. The molecule has 0 saturated carbocycles. The van der Waals surface area contributed by atoms with E-state index in [-0.39, 0.29) is 12.1 Å². The Bertz CT molecular complexity index is 951. The summed E-state index contributed by atoms with van der Waals surface area (Å²) in [6, 6.07) is 12.6. The second kappa shape index (κ2) is 10.2. The molecule has 0 heterocycles. The van der Waals surface area contributed by atoms with Gasteiger partial charge in [-0.25, -0.2) is 9.18 Å². The smallest absolute Gasteiger partial charge is 0.408 e. The summed E-state index contributed by atoms with van der Waals surface area (Å²) in [4.78, 5) is 35.9. The third-order valence-electron chi connectivity index (χ3n) is 3.57. The van der Waals surface area contributed by atoms with E-state index in [1.807, 2.05) is 0 Å². The van der Waals surface area contributed by atoms with Crippen LogP contribution in [0.15, 0.2) is 54.6 Å². The topological polar surface area (TPSA) is 96.5 Å². The first-order valence-corrected chi connectivity index (χ1v) is 9.23. The molecule has 3 amide bonds. The molecule has 0 fully saturated rings. The zero-order chi connectivity index (χ0) is 22.1. The van der Waals surface area contributed by atoms with Crippen LogP contribution in [0.3, 0.4) is 0 Å². The Morgan fingerprint density at radius 1 is 0.967 bits per heavy atom. The number of halogens is 1. The van der Waals surface area contributed by atoms with Crippen molar-refractivity contribution in [3.63, 3.8) is 0 Å². The molecule has 2 aromatic rings. The van der Waals surface area contributed by atoms with Crippen molar-refractivity contribution in [1.82, 2.24) is 5.32 Å². The summed E-state index contributed by atoms with van der Waals surface area (Å²) in [6.45, 7) is 4.84. The van der Waals surface area contributed by atoms with Crippen molar-refractivity contribution in [1.29, 1.82) is 0 Å². The number of rotatable bonds is 6. The van der Waals surface area contributed by atoms with Crippen LogP contribution in [0, 0.1) is 5.82 Å². The number of carbonyl (C=O) groups excluding carboxylic acids is 3. The van der Waals surface area contributed by atoms with Gasteiger partial charge in [0, 0.05) is 11.6 Å². The second-order valence-electron chi connectivity index (χ2n) is 7.29. The fraction of sp³-hybridized carbons (Fsp3) is 0.227. The third kappa shape index (κ3) is 7.75. The molecule has 2 rings (SSSR count). The van der Waals surface area contributed by atoms with Crippen molar-refractivity contribution in [2.75, 3.05) is 17.2 Å². The van der Waals surface area contributed by atoms with Crippen molar-refractivity contribution in [3.05, 3.63) is 66.0 Å². The van der Waals surface area contributed by atoms with Gasteiger partial charge >= 0.3 is 6.09 Å². The Kier molecular flexibility index (Phi) is 7.69. The van der Waals surface area contributed by atoms with Crippen LogP contribution in [0.1, 0.15) is 26.3 Å². The van der Waals surface area contributed by atoms with E-state index in [0.717, 1.165) is 0 Å². The first-order chi connectivity index (χ1) is 14.1. The van der Waals surface area contributed by atoms with Crippen LogP contribution < -0.4 is 16.0 Å². The molecule has 8 heteroatoms. The van der Waals surface area contributed by atoms with Crippen molar-refractivity contribution < 1.29 is 23.5 Å². The molecule has 0 aliphatic carbocycles. The molecule has 0 unspecified atom stereocenters. The average Bonchev–Trinajstić information content (AvgIpc) is 2.66. The zero-order valence-corrected chi connectivity index (χ0v) is 17.0. The van der Waals surface area contributed by atoms with Crippen LogP contribution in [0.5, 0.6) is 0 Å². The van der Waals surface area contributed by atoms with Gasteiger partial charge in [-0.15, -0.1) is 0 Å². The highest BCUT2D eigenvalue weighted by atomic mass is 19.1. The molecule has 0 radical (unpaired) electrons. The van der Waals surface area contributed by atoms with Gasteiger partial charge in [-0.2, -0.15) is 0 Å². The number of anilines is 2. The highest BCUT2D eigenvalue weighted by Crippen LogP contribution is 2.21. The molecule has 7 nitrogen and oxygen atoms in total. The van der Waals surface area contributed by atoms with E-state index in [0.29, 0.717) is 11.4 Å². The molecule has 0 aliphatic heterocycles. The summed E-state index contributed by atoms with van der Waals surface area (Å²) in [5.74, 6) is -1.43. The van der Waals surface area contributed by atoms with E-state index >= 15 is 0 Å². The van der Waals surface area contributed by atoms with Crippen molar-refractivity contribution in [3.8, 4) is 0 Å². The summed E-state index contributed by atoms with van der Waals surface area (Å²) < 4.78 is 18.7. The Balaban J connectivity index is 1.95. The lowest BCUT2D eigenvalue weighted by Crippen LogP contribution is -2.37. The van der Waals surface area contributed by atoms with E-state index in [1.54, 1.807) is 63.2 Å². The monoisotopic (exact) mass is 413 g/mol. The van der Waals surface area contributed by atoms with E-state index < -0.39 is 29.3 Å². The minimum absolute atomic E-state index is 0.280. The van der Waals surface area contributed by atoms with Crippen LogP contribution in [0.2, 0.25) is 0 Å². The standard InChI is InChI=1S/C22H24FN3O4/c1-22(2,3)30-21(29)24-14-20(28)26-18-11-7-6-10-17(18)25-19(27)13-12-15-8-4-5-9-16(15)23/h4-13H,14H2,1-3H3,(H,24,29)(H,25,27)(H,26,28)/b13-12+. The second-order valence-corrected chi connectivity index (χ2v) is 7.29. The highest BCUT2D eigenvalue weighted by molar-refractivity contribution is 6.05. The molecule has 0 saturated heterocycles. The summed E-state index contributed by atoms with van der Waals surface area (Å²) in [6.07, 6.45) is 1.84. The molecule has 30 heavy (non-hydrogen) atoms. The lowest BCUT2D eigenvalue weighted by molar-refractivity contribution is -0.115. The fourth-order valence-electron chi connectivity index (χ4n) is 2.31. The first kappa shape index (κ1) is 22.6. The van der Waals surface area contributed by atoms with Gasteiger partial charge in [-0.1, -0.05) is 30.3 Å². The van der Waals surface area contributed by atoms with Gasteiger partial charge in [0.25, 0.3) is 0 Å². The normalized spacial score (nSPS) is 11.1. The predicted molar refractivity (Wildman–Crippen MR) is 113 cm³/mol. The predicted octanol–water partition coefficient (Wildman–Crippen LogP) is 3.94. The van der Waals surface area contributed by atoms with Gasteiger partial charge in [0.2, 0.25) is 11.8 Å². The maximum absolute atomic E-state index is 13.6. The SMILES string of the molecule is CC(C)(C)OC(=O)NCC(=O)Nc1ccccc1NC(=O)/C=C/c1ccccc1F. The summed E-state index contributed by atoms with van der Waals surface area (Å²) >= 11 is 0. The van der Waals surface area contributed by atoms with Gasteiger partial charge in [-0.3, -0.25) is 9.59 Å². The van der Waals surface area contributed by atoms with Crippen molar-refractivity contribution >= 4 is 35.4 Å². The Hall–Kier alpha value is -3.68. The largest absolute Gasteiger partial charge is 0.444 e. The minimum atomic E-state index is -0.711. The van der Waals surface area contributed by atoms with E-state index in [4.69, 9.17) is 4.74 Å². The van der Waals surface area contributed by atoms with E-state index in [2.05, 4.69) is 16.0 Å². The Morgan fingerprint density at radius 3 is 2.20 bits per heavy atom. The van der Waals surface area contributed by atoms with Crippen LogP contribution in [-0.2, 0) is 14.3 Å². The van der Waals surface area contributed by atoms with Crippen molar-refractivity contribution in [2.24, 2.45) is 0 Å². The zero-order valence-electron chi connectivity index (χ0n) is 17.0. The molecule has 2 aromatic carbocycles. The average molecular weight is 413 g/mol. The third-order valence-corrected chi connectivity index (χ3v) is 3.57. The molecular formula is C22H24FN3O4. The van der Waals surface area contributed by atoms with Crippen LogP contribution in [-0.4, -0.2) is 30.1 Å². The molecule has 0 bridgehead atoms. The number of hydrogen-bond acceptors (Lipinski definition) is 4. The molecule has 158 valence electrons. The molecule has 0 spiro atoms. The first-order valence-electron chi connectivity index (χ1n) is 9.23. The number of para-hydroxylation sites is 2. The Labute approximate surface area is 174 Å². The highest BCUT2D eigenvalue weighted by Gasteiger charge is 2.17. The quantitative estimate of drug-likeness (QED) is 0.625. The van der Waals surface area contributed by atoms with E-state index in [1.165, 1.54) is 18.2 Å². The number of alkyl carbamates (subject to hydrolysis) is 1. The van der Waals surface area contributed by atoms with Gasteiger partial charge in [0.1, 0.15) is 18.0 Å². The van der Waals surface area contributed by atoms with Gasteiger partial charge in [-0.05, 0) is 45.0 Å². The number of nitrogens with one attached hydrogen (secondary N) is 3. The maximum Gasteiger partial charge on any atom is 0.408 e. The van der Waals surface area contributed by atoms with Gasteiger partial charge in [0.05, 0.1) is 11.4 Å².